The van der Waals surface area contributed by atoms with E-state index >= 15 is 0 Å². The van der Waals surface area contributed by atoms with Crippen molar-refractivity contribution < 1.29 is 27.0 Å². The number of hydrogen-bond acceptors (Lipinski definition) is 2. The van der Waals surface area contributed by atoms with Crippen molar-refractivity contribution in [1.82, 2.24) is 0 Å². The van der Waals surface area contributed by atoms with Crippen LogP contribution in [-0.4, -0.2) is 12.7 Å². The Hall–Kier alpha value is -3.02. The van der Waals surface area contributed by atoms with Gasteiger partial charge >= 0.3 is 6.11 Å². The molecule has 0 saturated carbocycles. The van der Waals surface area contributed by atoms with Crippen LogP contribution in [0.2, 0.25) is 0 Å². The average molecular weight is 418 g/mol. The molecule has 0 fully saturated rings. The van der Waals surface area contributed by atoms with Crippen LogP contribution in [0.25, 0.3) is 11.1 Å². The molecule has 3 rings (SSSR count). The number of ether oxygens (including phenoxy) is 2. The molecule has 0 aromatic heterocycles. The van der Waals surface area contributed by atoms with Crippen LogP contribution in [0.1, 0.15) is 24.5 Å². The summed E-state index contributed by atoms with van der Waals surface area (Å²) in [7, 11) is 0. The Morgan fingerprint density at radius 3 is 2.13 bits per heavy atom. The smallest absolute Gasteiger partial charge is 0.432 e. The molecule has 2 nitrogen and oxygen atoms in total. The molecule has 6 heteroatoms. The first-order valence-electron chi connectivity index (χ1n) is 9.62. The molecular formula is C24H22F4O2. The molecule has 0 spiro atoms. The molecule has 0 aliphatic heterocycles. The first-order valence-corrected chi connectivity index (χ1v) is 9.62. The maximum Gasteiger partial charge on any atom is 0.432 e. The van der Waals surface area contributed by atoms with Crippen molar-refractivity contribution in [2.75, 3.05) is 6.61 Å². The third-order valence-electron chi connectivity index (χ3n) is 4.53. The van der Waals surface area contributed by atoms with Crippen LogP contribution in [-0.2, 0) is 6.42 Å². The maximum atomic E-state index is 14.4. The number of aryl methyl sites for hydroxylation is 2. The minimum Gasteiger partial charge on any atom is -0.480 e. The van der Waals surface area contributed by atoms with Gasteiger partial charge in [0.2, 0.25) is 5.82 Å². The molecule has 0 bridgehead atoms. The van der Waals surface area contributed by atoms with E-state index in [2.05, 4.69) is 4.74 Å². The predicted octanol–water partition coefficient (Wildman–Crippen LogP) is 6.94. The molecular weight excluding hydrogens is 396 g/mol. The Labute approximate surface area is 173 Å². The van der Waals surface area contributed by atoms with Crippen LogP contribution < -0.4 is 9.47 Å². The van der Waals surface area contributed by atoms with E-state index in [0.717, 1.165) is 30.0 Å². The zero-order valence-corrected chi connectivity index (χ0v) is 16.7. The van der Waals surface area contributed by atoms with Gasteiger partial charge in [-0.2, -0.15) is 13.2 Å². The number of benzene rings is 3. The van der Waals surface area contributed by atoms with Gasteiger partial charge in [0.25, 0.3) is 0 Å². The van der Waals surface area contributed by atoms with Gasteiger partial charge in [-0.15, -0.1) is 0 Å². The fourth-order valence-electron chi connectivity index (χ4n) is 2.98. The monoisotopic (exact) mass is 418 g/mol. The molecule has 0 aliphatic carbocycles. The fraction of sp³-hybridized carbons (Fsp3) is 0.250. The van der Waals surface area contributed by atoms with Gasteiger partial charge in [0.15, 0.2) is 18.2 Å². The molecule has 0 atom stereocenters. The molecule has 0 radical (unpaired) electrons. The standard InChI is InChI=1S/C24H22F4O2/c1-3-4-17-7-11-19(12-8-17)30-24(27,28)15-29-21-14-13-20(22(25)23(21)26)18-9-5-16(2)6-10-18/h5-14H,3-4,15H2,1-2H3. The number of hydrogen-bond donors (Lipinski definition) is 0. The molecule has 0 N–H and O–H groups in total. The van der Waals surface area contributed by atoms with Gasteiger partial charge in [0, 0.05) is 5.56 Å². The Morgan fingerprint density at radius 1 is 0.833 bits per heavy atom. The van der Waals surface area contributed by atoms with Crippen LogP contribution in [0.5, 0.6) is 11.5 Å². The lowest BCUT2D eigenvalue weighted by Crippen LogP contribution is -2.32. The minimum absolute atomic E-state index is 0.0232. The molecule has 0 saturated heterocycles. The Kier molecular flexibility index (Phi) is 6.65. The lowest BCUT2D eigenvalue weighted by Gasteiger charge is -2.19. The van der Waals surface area contributed by atoms with E-state index in [1.807, 2.05) is 13.8 Å². The third kappa shape index (κ3) is 5.32. The Balaban J connectivity index is 1.68. The van der Waals surface area contributed by atoms with Crippen LogP contribution in [0.4, 0.5) is 17.6 Å². The Bertz CT molecular complexity index is 983. The molecule has 0 amide bonds. The van der Waals surface area contributed by atoms with E-state index in [1.165, 1.54) is 18.2 Å². The van der Waals surface area contributed by atoms with Crippen molar-refractivity contribution >= 4 is 0 Å². The van der Waals surface area contributed by atoms with E-state index in [0.29, 0.717) is 5.56 Å². The zero-order chi connectivity index (χ0) is 21.7. The topological polar surface area (TPSA) is 18.5 Å². The summed E-state index contributed by atoms with van der Waals surface area (Å²) in [6, 6.07) is 15.6. The second-order valence-electron chi connectivity index (χ2n) is 7.03. The summed E-state index contributed by atoms with van der Waals surface area (Å²) in [6.45, 7) is 2.63. The van der Waals surface area contributed by atoms with Gasteiger partial charge in [-0.1, -0.05) is 55.3 Å². The van der Waals surface area contributed by atoms with E-state index < -0.39 is 30.1 Å². The second kappa shape index (κ2) is 9.20. The first-order chi connectivity index (χ1) is 14.3. The van der Waals surface area contributed by atoms with Crippen LogP contribution in [0.3, 0.4) is 0 Å². The molecule has 3 aromatic rings. The second-order valence-corrected chi connectivity index (χ2v) is 7.03. The Morgan fingerprint density at radius 2 is 1.50 bits per heavy atom. The quantitative estimate of drug-likeness (QED) is 0.369. The minimum atomic E-state index is -3.72. The van der Waals surface area contributed by atoms with Crippen LogP contribution in [0, 0.1) is 18.6 Å². The van der Waals surface area contributed by atoms with E-state index in [4.69, 9.17) is 4.74 Å². The molecule has 158 valence electrons. The maximum absolute atomic E-state index is 14.4. The van der Waals surface area contributed by atoms with E-state index in [9.17, 15) is 17.6 Å². The third-order valence-corrected chi connectivity index (χ3v) is 4.53. The van der Waals surface area contributed by atoms with Crippen LogP contribution in [0.15, 0.2) is 60.7 Å². The van der Waals surface area contributed by atoms with Gasteiger partial charge in [-0.25, -0.2) is 4.39 Å². The molecule has 30 heavy (non-hydrogen) atoms. The summed E-state index contributed by atoms with van der Waals surface area (Å²) in [5, 5.41) is 0. The van der Waals surface area contributed by atoms with Gasteiger partial charge in [-0.3, -0.25) is 0 Å². The highest BCUT2D eigenvalue weighted by Crippen LogP contribution is 2.31. The van der Waals surface area contributed by atoms with Crippen LogP contribution >= 0.6 is 0 Å². The summed E-state index contributed by atoms with van der Waals surface area (Å²) >= 11 is 0. The molecule has 0 aliphatic rings. The lowest BCUT2D eigenvalue weighted by molar-refractivity contribution is -0.195. The zero-order valence-electron chi connectivity index (χ0n) is 16.7. The number of halogens is 4. The summed E-state index contributed by atoms with van der Waals surface area (Å²) in [6.07, 6.45) is -1.94. The van der Waals surface area contributed by atoms with E-state index in [1.54, 1.807) is 36.4 Å². The van der Waals surface area contributed by atoms with Gasteiger partial charge in [-0.05, 0) is 48.7 Å². The number of alkyl halides is 2. The highest BCUT2D eigenvalue weighted by atomic mass is 19.3. The molecule has 3 aromatic carbocycles. The number of rotatable bonds is 8. The predicted molar refractivity (Wildman–Crippen MR) is 108 cm³/mol. The SMILES string of the molecule is CCCc1ccc(OC(F)(F)COc2ccc(-c3ccc(C)cc3)c(F)c2F)cc1. The highest BCUT2D eigenvalue weighted by Gasteiger charge is 2.34. The van der Waals surface area contributed by atoms with E-state index in [-0.39, 0.29) is 11.3 Å². The molecule has 0 heterocycles. The van der Waals surface area contributed by atoms with Crippen molar-refractivity contribution in [1.29, 1.82) is 0 Å². The summed E-state index contributed by atoms with van der Waals surface area (Å²) in [4.78, 5) is 0. The highest BCUT2D eigenvalue weighted by molar-refractivity contribution is 5.65. The average Bonchev–Trinajstić information content (AvgIpc) is 2.71. The normalized spacial score (nSPS) is 11.4. The largest absolute Gasteiger partial charge is 0.480 e. The fourth-order valence-corrected chi connectivity index (χ4v) is 2.98. The summed E-state index contributed by atoms with van der Waals surface area (Å²) in [5.41, 5.74) is 2.48. The van der Waals surface area contributed by atoms with Crippen molar-refractivity contribution in [3.8, 4) is 22.6 Å². The lowest BCUT2D eigenvalue weighted by atomic mass is 10.0. The first kappa shape index (κ1) is 21.7. The molecule has 0 unspecified atom stereocenters. The van der Waals surface area contributed by atoms with Crippen molar-refractivity contribution in [3.05, 3.63) is 83.4 Å². The van der Waals surface area contributed by atoms with Crippen molar-refractivity contribution in [2.45, 2.75) is 32.8 Å². The van der Waals surface area contributed by atoms with Gasteiger partial charge in [0.1, 0.15) is 5.75 Å². The summed E-state index contributed by atoms with van der Waals surface area (Å²) in [5.74, 6) is -3.13. The van der Waals surface area contributed by atoms with Crippen molar-refractivity contribution in [2.24, 2.45) is 0 Å². The van der Waals surface area contributed by atoms with Gasteiger partial charge < -0.3 is 9.47 Å². The van der Waals surface area contributed by atoms with Gasteiger partial charge in [0.05, 0.1) is 0 Å². The summed E-state index contributed by atoms with van der Waals surface area (Å²) < 4.78 is 66.5. The van der Waals surface area contributed by atoms with Crippen molar-refractivity contribution in [3.63, 3.8) is 0 Å².